The molecule has 1 aliphatic heterocycles. The summed E-state index contributed by atoms with van der Waals surface area (Å²) in [4.78, 5) is 53.4. The van der Waals surface area contributed by atoms with E-state index >= 15 is 0 Å². The van der Waals surface area contributed by atoms with Crippen LogP contribution < -0.4 is 5.32 Å². The number of carboxylic acids is 2. The number of rotatable bonds is 12. The lowest BCUT2D eigenvalue weighted by Gasteiger charge is -2.32. The van der Waals surface area contributed by atoms with Crippen LogP contribution in [0, 0.1) is 0 Å². The number of aliphatic imine (C=N–C) groups is 1. The summed E-state index contributed by atoms with van der Waals surface area (Å²) in [7, 11) is 0. The maximum atomic E-state index is 13.1. The molecule has 5 rings (SSSR count). The first-order chi connectivity index (χ1) is 28.3. The molecule has 2 aromatic carbocycles. The summed E-state index contributed by atoms with van der Waals surface area (Å²) >= 11 is 4.66. The van der Waals surface area contributed by atoms with Gasteiger partial charge in [0.2, 0.25) is 0 Å². The molecule has 0 aliphatic carbocycles. The van der Waals surface area contributed by atoms with Crippen molar-refractivity contribution in [2.45, 2.75) is 19.0 Å². The second kappa shape index (κ2) is 23.8. The van der Waals surface area contributed by atoms with Crippen LogP contribution >= 0.6 is 12.2 Å². The van der Waals surface area contributed by atoms with Crippen LogP contribution in [0.15, 0.2) is 89.9 Å². The van der Waals surface area contributed by atoms with Crippen molar-refractivity contribution in [1.82, 2.24) is 25.1 Å². The van der Waals surface area contributed by atoms with E-state index in [1.54, 1.807) is 36.4 Å². The van der Waals surface area contributed by atoms with E-state index in [0.29, 0.717) is 115 Å². The lowest BCUT2D eigenvalue weighted by Crippen LogP contribution is -2.36. The van der Waals surface area contributed by atoms with Gasteiger partial charge in [-0.3, -0.25) is 14.6 Å². The first kappa shape index (κ1) is 43.8. The number of aromatic carboxylic acids is 2. The fourth-order valence-electron chi connectivity index (χ4n) is 6.27. The van der Waals surface area contributed by atoms with Crippen LogP contribution in [0.4, 0.5) is 5.69 Å². The van der Waals surface area contributed by atoms with Crippen molar-refractivity contribution in [3.8, 4) is 0 Å². The molecular weight excluding hydrogens is 765 g/mol. The Balaban J connectivity index is 1.23. The number of pyridine rings is 2. The van der Waals surface area contributed by atoms with Gasteiger partial charge in [0.05, 0.1) is 81.1 Å². The minimum absolute atomic E-state index is 0.00142. The number of carboxylic acid groups (broad SMARTS) is 2. The highest BCUT2D eigenvalue weighted by Crippen LogP contribution is 2.28. The topological polar surface area (TPSA) is 185 Å². The minimum atomic E-state index is -1.13. The van der Waals surface area contributed by atoms with Crippen LogP contribution in [0.25, 0.3) is 0 Å². The molecule has 3 N–H and O–H groups in total. The molecule has 0 spiro atoms. The van der Waals surface area contributed by atoms with Crippen molar-refractivity contribution in [3.63, 3.8) is 0 Å². The van der Waals surface area contributed by atoms with Gasteiger partial charge in [-0.2, -0.15) is 4.99 Å². The van der Waals surface area contributed by atoms with Crippen LogP contribution in [-0.2, 0) is 31.9 Å². The number of nitrogens with one attached hydrogen (secondary N) is 1. The van der Waals surface area contributed by atoms with E-state index in [1.807, 2.05) is 36.4 Å². The Labute approximate surface area is 342 Å². The quantitative estimate of drug-likeness (QED) is 0.134. The fourth-order valence-corrected chi connectivity index (χ4v) is 6.38. The molecule has 0 radical (unpaired) electrons. The summed E-state index contributed by atoms with van der Waals surface area (Å²) in [6, 6.07) is 24.2. The Morgan fingerprint density at radius 2 is 1.29 bits per heavy atom. The Bertz CT molecular complexity index is 1960. The molecule has 1 atom stereocenters. The van der Waals surface area contributed by atoms with Crippen molar-refractivity contribution in [2.75, 3.05) is 85.6 Å². The highest BCUT2D eigenvalue weighted by atomic mass is 32.1. The van der Waals surface area contributed by atoms with Crippen LogP contribution in [0.1, 0.15) is 59.9 Å². The zero-order valence-corrected chi connectivity index (χ0v) is 33.0. The monoisotopic (exact) mass is 812 g/mol. The molecule has 1 fully saturated rings. The standard InChI is InChI=1S/C42H48N6O9S/c49-40(43-16-15-31-7-13-34(14-8-31)44-30-58)33-11-9-32(10-12-33)39(36-4-2-6-38(46-36)42(52)53)48-19-23-56-27-25-54-21-17-47(18-22-55-26-28-57-24-20-48)29-35-3-1-5-37(45-35)41(50)51/h1-14,39H,15-29H2,(H,43,49)(H,50,51)(H,52,53). The smallest absolute Gasteiger partial charge is 0.354 e. The number of hydrogen-bond donors (Lipinski definition) is 3. The van der Waals surface area contributed by atoms with E-state index in [4.69, 9.17) is 18.9 Å². The van der Waals surface area contributed by atoms with Crippen LogP contribution in [0.2, 0.25) is 0 Å². The van der Waals surface area contributed by atoms with Gasteiger partial charge in [-0.15, -0.1) is 0 Å². The van der Waals surface area contributed by atoms with Crippen LogP contribution in [0.5, 0.6) is 0 Å². The molecule has 2 aromatic heterocycles. The minimum Gasteiger partial charge on any atom is -0.477 e. The number of carbonyl (C=O) groups is 3. The van der Waals surface area contributed by atoms with E-state index < -0.39 is 18.0 Å². The molecule has 1 aliphatic rings. The van der Waals surface area contributed by atoms with Gasteiger partial charge in [0, 0.05) is 44.8 Å². The molecule has 58 heavy (non-hydrogen) atoms. The summed E-state index contributed by atoms with van der Waals surface area (Å²) in [5.41, 5.74) is 4.16. The second-order valence-corrected chi connectivity index (χ2v) is 13.4. The number of hydrogen-bond acceptors (Lipinski definition) is 13. The normalized spacial score (nSPS) is 16.2. The zero-order chi connectivity index (χ0) is 41.0. The van der Waals surface area contributed by atoms with E-state index in [1.165, 1.54) is 12.1 Å². The number of ether oxygens (including phenoxy) is 4. The van der Waals surface area contributed by atoms with E-state index in [-0.39, 0.29) is 17.3 Å². The zero-order valence-electron chi connectivity index (χ0n) is 32.2. The Morgan fingerprint density at radius 3 is 1.88 bits per heavy atom. The molecule has 1 saturated heterocycles. The third-order valence-electron chi connectivity index (χ3n) is 9.24. The Morgan fingerprint density at radius 1 is 0.724 bits per heavy atom. The van der Waals surface area contributed by atoms with Gasteiger partial charge in [-0.05, 0) is 78.3 Å². The summed E-state index contributed by atoms with van der Waals surface area (Å²) in [5, 5.41) is 24.4. The van der Waals surface area contributed by atoms with Crippen molar-refractivity contribution < 1.29 is 43.5 Å². The molecule has 306 valence electrons. The van der Waals surface area contributed by atoms with Gasteiger partial charge in [0.1, 0.15) is 11.4 Å². The number of thiocarbonyl (C=S) groups is 1. The molecular formula is C42H48N6O9S. The Hall–Kier alpha value is -5.29. The summed E-state index contributed by atoms with van der Waals surface area (Å²) in [6.45, 7) is 5.96. The first-order valence-corrected chi connectivity index (χ1v) is 19.4. The SMILES string of the molecule is O=C(NCCc1ccc(N=C=S)cc1)c1ccc(C(c2cccc(C(=O)O)n2)N2CCOCCOCCN(Cc3cccc(C(=O)O)n3)CCOCCOCC2)cc1. The molecule has 16 heteroatoms. The van der Waals surface area contributed by atoms with Crippen molar-refractivity contribution in [1.29, 1.82) is 0 Å². The molecule has 1 unspecified atom stereocenters. The van der Waals surface area contributed by atoms with E-state index in [2.05, 4.69) is 47.5 Å². The van der Waals surface area contributed by atoms with Crippen LogP contribution in [-0.4, -0.2) is 139 Å². The highest BCUT2D eigenvalue weighted by molar-refractivity contribution is 7.78. The van der Waals surface area contributed by atoms with Gasteiger partial charge in [0.15, 0.2) is 0 Å². The lowest BCUT2D eigenvalue weighted by molar-refractivity contribution is 0.00331. The van der Waals surface area contributed by atoms with Gasteiger partial charge in [-0.1, -0.05) is 36.4 Å². The molecule has 4 aromatic rings. The predicted octanol–water partition coefficient (Wildman–Crippen LogP) is 4.55. The summed E-state index contributed by atoms with van der Waals surface area (Å²) in [6.07, 6.45) is 0.639. The average Bonchev–Trinajstić information content (AvgIpc) is 3.23. The van der Waals surface area contributed by atoms with Crippen molar-refractivity contribution in [3.05, 3.63) is 124 Å². The number of isothiocyanates is 1. The van der Waals surface area contributed by atoms with Gasteiger partial charge >= 0.3 is 11.9 Å². The largest absolute Gasteiger partial charge is 0.477 e. The van der Waals surface area contributed by atoms with E-state index in [0.717, 1.165) is 16.8 Å². The Kier molecular flexibility index (Phi) is 18.0. The molecule has 15 nitrogen and oxygen atoms in total. The van der Waals surface area contributed by atoms with Gasteiger partial charge < -0.3 is 34.5 Å². The third-order valence-corrected chi connectivity index (χ3v) is 9.33. The molecule has 1 amide bonds. The highest BCUT2D eigenvalue weighted by Gasteiger charge is 2.25. The number of amides is 1. The third kappa shape index (κ3) is 14.3. The molecule has 0 saturated carbocycles. The maximum absolute atomic E-state index is 13.1. The maximum Gasteiger partial charge on any atom is 0.354 e. The summed E-state index contributed by atoms with van der Waals surface area (Å²) < 4.78 is 23.8. The molecule has 3 heterocycles. The number of benzene rings is 2. The van der Waals surface area contributed by atoms with Gasteiger partial charge in [-0.25, -0.2) is 19.6 Å². The number of nitrogens with zero attached hydrogens (tertiary/aromatic N) is 5. The lowest BCUT2D eigenvalue weighted by atomic mass is 9.99. The van der Waals surface area contributed by atoms with Crippen molar-refractivity contribution in [2.24, 2.45) is 4.99 Å². The predicted molar refractivity (Wildman–Crippen MR) is 218 cm³/mol. The summed E-state index contributed by atoms with van der Waals surface area (Å²) in [5.74, 6) is -2.42. The van der Waals surface area contributed by atoms with Gasteiger partial charge in [0.25, 0.3) is 5.91 Å². The van der Waals surface area contributed by atoms with Crippen LogP contribution in [0.3, 0.4) is 0 Å². The van der Waals surface area contributed by atoms with Crippen molar-refractivity contribution >= 4 is 40.9 Å². The average molecular weight is 813 g/mol. The van der Waals surface area contributed by atoms with E-state index in [9.17, 15) is 24.6 Å². The second-order valence-electron chi connectivity index (χ2n) is 13.2. The number of aromatic nitrogens is 2. The first-order valence-electron chi connectivity index (χ1n) is 19.0. The molecule has 0 bridgehead atoms. The number of carbonyl (C=O) groups excluding carboxylic acids is 1. The fraction of sp³-hybridized carbons (Fsp3) is 0.381.